The first-order valence-electron chi connectivity index (χ1n) is 12.3. The Morgan fingerprint density at radius 3 is 2.74 bits per heavy atom. The number of hydrogen-bond acceptors (Lipinski definition) is 6. The lowest BCUT2D eigenvalue weighted by Crippen LogP contribution is -2.56. The molecule has 0 N–H and O–H groups in total. The number of piperazine rings is 1. The molecule has 3 aliphatic rings. The Morgan fingerprint density at radius 1 is 1.20 bits per heavy atom. The Bertz CT molecular complexity index is 1320. The molecule has 3 aromatic rings. The Balaban J connectivity index is 1.34. The quantitative estimate of drug-likeness (QED) is 0.516. The number of carbonyl (C=O) groups is 1. The molecule has 3 fully saturated rings. The molecule has 0 aromatic carbocycles. The molecule has 2 saturated carbocycles. The molecule has 2 aliphatic carbocycles. The van der Waals surface area contributed by atoms with Crippen LogP contribution in [0.25, 0.3) is 17.2 Å². The van der Waals surface area contributed by atoms with E-state index in [1.165, 1.54) is 6.26 Å². The predicted octanol–water partition coefficient (Wildman–Crippen LogP) is 4.87. The molecule has 7 heteroatoms. The Labute approximate surface area is 204 Å². The van der Waals surface area contributed by atoms with Gasteiger partial charge in [0, 0.05) is 37.3 Å². The molecular weight excluding hydrogens is 438 g/mol. The minimum Gasteiger partial charge on any atom is -0.472 e. The Morgan fingerprint density at radius 2 is 2.06 bits per heavy atom. The van der Waals surface area contributed by atoms with Crippen LogP contribution in [0, 0.1) is 17.2 Å². The van der Waals surface area contributed by atoms with Crippen LogP contribution < -0.4 is 4.90 Å². The van der Waals surface area contributed by atoms with Gasteiger partial charge in [-0.1, -0.05) is 6.58 Å². The van der Waals surface area contributed by atoms with Crippen molar-refractivity contribution in [3.8, 4) is 17.2 Å². The van der Waals surface area contributed by atoms with E-state index in [0.29, 0.717) is 42.6 Å². The van der Waals surface area contributed by atoms with Crippen molar-refractivity contribution in [3.05, 3.63) is 72.1 Å². The summed E-state index contributed by atoms with van der Waals surface area (Å²) in [6, 6.07) is 10.2. The summed E-state index contributed by atoms with van der Waals surface area (Å²) in [5.74, 6) is 1.68. The largest absolute Gasteiger partial charge is 0.472 e. The van der Waals surface area contributed by atoms with Crippen molar-refractivity contribution >= 4 is 17.8 Å². The van der Waals surface area contributed by atoms with Gasteiger partial charge < -0.3 is 14.2 Å². The Hall–Kier alpha value is -3.92. The van der Waals surface area contributed by atoms with Crippen LogP contribution in [-0.2, 0) is 0 Å². The fourth-order valence-corrected chi connectivity index (χ4v) is 5.16. The van der Waals surface area contributed by atoms with Crippen molar-refractivity contribution in [1.82, 2.24) is 14.9 Å². The van der Waals surface area contributed by atoms with Crippen LogP contribution >= 0.6 is 0 Å². The summed E-state index contributed by atoms with van der Waals surface area (Å²) in [5.41, 5.74) is 5.05. The second-order valence-corrected chi connectivity index (χ2v) is 9.71. The van der Waals surface area contributed by atoms with Gasteiger partial charge >= 0.3 is 0 Å². The van der Waals surface area contributed by atoms with Gasteiger partial charge in [-0.05, 0) is 67.5 Å². The number of aromatic nitrogens is 2. The molecular formula is C28H27N5O2. The molecule has 7 nitrogen and oxygen atoms in total. The molecule has 176 valence electrons. The van der Waals surface area contributed by atoms with E-state index in [1.54, 1.807) is 24.6 Å². The van der Waals surface area contributed by atoms with Gasteiger partial charge in [-0.15, -0.1) is 0 Å². The van der Waals surface area contributed by atoms with Crippen LogP contribution in [0.4, 0.5) is 5.82 Å². The van der Waals surface area contributed by atoms with Gasteiger partial charge in [-0.3, -0.25) is 9.78 Å². The van der Waals surface area contributed by atoms with Crippen LogP contribution in [0.3, 0.4) is 0 Å². The van der Waals surface area contributed by atoms with Crippen molar-refractivity contribution in [1.29, 1.82) is 5.26 Å². The lowest BCUT2D eigenvalue weighted by molar-refractivity contribution is 0.0630. The monoisotopic (exact) mass is 465 g/mol. The van der Waals surface area contributed by atoms with Crippen LogP contribution in [0.2, 0.25) is 0 Å². The molecule has 1 saturated heterocycles. The van der Waals surface area contributed by atoms with Gasteiger partial charge in [0.05, 0.1) is 34.8 Å². The number of furan rings is 1. The highest BCUT2D eigenvalue weighted by molar-refractivity contribution is 5.94. The molecule has 35 heavy (non-hydrogen) atoms. The maximum Gasteiger partial charge on any atom is 0.257 e. The number of nitrogens with zero attached hydrogens (tertiary/aromatic N) is 5. The van der Waals surface area contributed by atoms with Crippen LogP contribution in [-0.4, -0.2) is 46.5 Å². The van der Waals surface area contributed by atoms with Gasteiger partial charge in [0.2, 0.25) is 0 Å². The van der Waals surface area contributed by atoms with Crippen molar-refractivity contribution in [2.24, 2.45) is 5.92 Å². The molecule has 1 unspecified atom stereocenters. The highest BCUT2D eigenvalue weighted by Gasteiger charge is 2.42. The van der Waals surface area contributed by atoms with Gasteiger partial charge in [0.15, 0.2) is 0 Å². The van der Waals surface area contributed by atoms with E-state index in [1.807, 2.05) is 23.1 Å². The molecule has 1 aliphatic heterocycles. The molecule has 0 radical (unpaired) electrons. The van der Waals surface area contributed by atoms with Crippen molar-refractivity contribution in [3.63, 3.8) is 0 Å². The van der Waals surface area contributed by atoms with E-state index in [4.69, 9.17) is 9.40 Å². The topological polar surface area (TPSA) is 86.3 Å². The van der Waals surface area contributed by atoms with Gasteiger partial charge in [-0.2, -0.15) is 5.26 Å². The van der Waals surface area contributed by atoms with E-state index in [0.717, 1.165) is 54.0 Å². The summed E-state index contributed by atoms with van der Waals surface area (Å²) in [4.78, 5) is 26.8. The normalized spacial score (nSPS) is 19.9. The van der Waals surface area contributed by atoms with Gasteiger partial charge in [0.1, 0.15) is 18.2 Å². The Kier molecular flexibility index (Phi) is 5.37. The average molecular weight is 466 g/mol. The maximum atomic E-state index is 13.1. The summed E-state index contributed by atoms with van der Waals surface area (Å²) >= 11 is 0. The summed E-state index contributed by atoms with van der Waals surface area (Å²) in [6.45, 7) is 5.77. The third-order valence-electron chi connectivity index (χ3n) is 7.33. The van der Waals surface area contributed by atoms with E-state index in [-0.39, 0.29) is 11.9 Å². The van der Waals surface area contributed by atoms with Crippen molar-refractivity contribution in [2.75, 3.05) is 24.5 Å². The second kappa shape index (κ2) is 8.70. The lowest BCUT2D eigenvalue weighted by Gasteiger charge is -2.42. The van der Waals surface area contributed by atoms with E-state index in [9.17, 15) is 10.1 Å². The molecule has 6 rings (SSSR count). The maximum absolute atomic E-state index is 13.1. The standard InChI is InChI=1S/C28H27N5O2/c1-2-23-13-20(7-9-30-23)24-14-22(15-29)27(31-26(24)19-5-6-19)32-10-11-33(25(16-32)18-3-4-18)28(34)21-8-12-35-17-21/h2,7-9,12-14,17-19,25H,1,3-6,10-11,16H2. The number of pyridine rings is 2. The first-order valence-corrected chi connectivity index (χ1v) is 12.3. The lowest BCUT2D eigenvalue weighted by atomic mass is 9.98. The van der Waals surface area contributed by atoms with Gasteiger partial charge in [0.25, 0.3) is 5.91 Å². The average Bonchev–Trinajstić information content (AvgIpc) is 3.85. The van der Waals surface area contributed by atoms with E-state index >= 15 is 0 Å². The first-order chi connectivity index (χ1) is 17.2. The third kappa shape index (κ3) is 4.10. The summed E-state index contributed by atoms with van der Waals surface area (Å²) in [5, 5.41) is 10.1. The molecule has 0 bridgehead atoms. The number of rotatable bonds is 6. The highest BCUT2D eigenvalue weighted by Crippen LogP contribution is 2.45. The van der Waals surface area contributed by atoms with E-state index in [2.05, 4.69) is 22.5 Å². The molecule has 0 spiro atoms. The minimum absolute atomic E-state index is 0.0218. The molecule has 4 heterocycles. The van der Waals surface area contributed by atoms with Gasteiger partial charge in [-0.25, -0.2) is 4.98 Å². The highest BCUT2D eigenvalue weighted by atomic mass is 16.3. The predicted molar refractivity (Wildman–Crippen MR) is 133 cm³/mol. The number of amides is 1. The third-order valence-corrected chi connectivity index (χ3v) is 7.33. The van der Waals surface area contributed by atoms with Crippen LogP contribution in [0.1, 0.15) is 58.9 Å². The summed E-state index contributed by atoms with van der Waals surface area (Å²) in [6.07, 6.45) is 11.1. The summed E-state index contributed by atoms with van der Waals surface area (Å²) < 4.78 is 5.15. The zero-order valence-corrected chi connectivity index (χ0v) is 19.6. The second-order valence-electron chi connectivity index (χ2n) is 9.71. The number of nitriles is 1. The van der Waals surface area contributed by atoms with Crippen molar-refractivity contribution in [2.45, 2.75) is 37.6 Å². The zero-order valence-electron chi connectivity index (χ0n) is 19.6. The summed E-state index contributed by atoms with van der Waals surface area (Å²) in [7, 11) is 0. The van der Waals surface area contributed by atoms with Crippen molar-refractivity contribution < 1.29 is 9.21 Å². The number of hydrogen-bond donors (Lipinski definition) is 0. The van der Waals surface area contributed by atoms with Crippen LogP contribution in [0.15, 0.2) is 54.0 Å². The first kappa shape index (κ1) is 21.6. The fraction of sp³-hybridized carbons (Fsp3) is 0.357. The smallest absolute Gasteiger partial charge is 0.257 e. The van der Waals surface area contributed by atoms with E-state index < -0.39 is 0 Å². The zero-order chi connectivity index (χ0) is 23.9. The molecule has 1 amide bonds. The number of anilines is 1. The SMILES string of the molecule is C=Cc1cc(-c2cc(C#N)c(N3CCN(C(=O)c4ccoc4)C(C4CC4)C3)nc2C2CC2)ccn1. The van der Waals surface area contributed by atoms with Crippen LogP contribution in [0.5, 0.6) is 0 Å². The number of carbonyl (C=O) groups excluding carboxylic acids is 1. The fourth-order valence-electron chi connectivity index (χ4n) is 5.16. The minimum atomic E-state index is 0.0218. The molecule has 3 aromatic heterocycles. The molecule has 1 atom stereocenters.